The Labute approximate surface area is 219 Å². The van der Waals surface area contributed by atoms with Crippen molar-refractivity contribution < 1.29 is 5.11 Å². The highest BCUT2D eigenvalue weighted by Gasteiger charge is 2.43. The van der Waals surface area contributed by atoms with E-state index in [1.54, 1.807) is 24.4 Å². The van der Waals surface area contributed by atoms with Crippen LogP contribution >= 0.6 is 35.4 Å². The van der Waals surface area contributed by atoms with Gasteiger partial charge in [-0.3, -0.25) is 4.98 Å². The second-order valence-electron chi connectivity index (χ2n) is 8.68. The smallest absolute Gasteiger partial charge is 0.174 e. The standard InChI is InChI=1S/C27H24Cl2N4OS/c1-15-13-19(17(3)32(15)22-9-6-7-20(29)16(22)2)26-25(21-8-4-5-12-30-21)31-27(35)33(26)23-14-18(28)10-11-24(23)34/h4-14,25-26,34H,1-3H3,(H,31,35)/t25-,26-/m0/s1. The maximum Gasteiger partial charge on any atom is 0.174 e. The van der Waals surface area contributed by atoms with Gasteiger partial charge in [0.1, 0.15) is 5.75 Å². The molecule has 1 saturated heterocycles. The van der Waals surface area contributed by atoms with Crippen LogP contribution in [0.15, 0.2) is 66.9 Å². The number of thiocarbonyl (C=S) groups is 1. The van der Waals surface area contributed by atoms with Crippen LogP contribution in [0.1, 0.15) is 40.3 Å². The van der Waals surface area contributed by atoms with Crippen LogP contribution in [0.25, 0.3) is 5.69 Å². The van der Waals surface area contributed by atoms with Crippen molar-refractivity contribution in [3.05, 3.63) is 105 Å². The van der Waals surface area contributed by atoms with E-state index in [0.717, 1.165) is 38.9 Å². The van der Waals surface area contributed by atoms with Gasteiger partial charge < -0.3 is 19.9 Å². The van der Waals surface area contributed by atoms with Crippen LogP contribution in [0.3, 0.4) is 0 Å². The fraction of sp³-hybridized carbons (Fsp3) is 0.185. The van der Waals surface area contributed by atoms with Crippen molar-refractivity contribution >= 4 is 46.2 Å². The molecule has 5 rings (SSSR count). The SMILES string of the molecule is Cc1c(Cl)cccc1-n1c(C)cc([C@H]2[C@H](c3ccccn3)NC(=S)N2c2cc(Cl)ccc2O)c1C. The van der Waals surface area contributed by atoms with Gasteiger partial charge in [-0.2, -0.15) is 0 Å². The van der Waals surface area contributed by atoms with Gasteiger partial charge in [-0.05, 0) is 92.6 Å². The highest BCUT2D eigenvalue weighted by atomic mass is 35.5. The van der Waals surface area contributed by atoms with Crippen LogP contribution in [0.5, 0.6) is 5.75 Å². The summed E-state index contributed by atoms with van der Waals surface area (Å²) < 4.78 is 2.21. The molecule has 1 aliphatic heterocycles. The molecule has 0 bridgehead atoms. The summed E-state index contributed by atoms with van der Waals surface area (Å²) in [7, 11) is 0. The first-order valence-electron chi connectivity index (χ1n) is 11.2. The molecule has 5 nitrogen and oxygen atoms in total. The van der Waals surface area contributed by atoms with Crippen molar-refractivity contribution in [3.8, 4) is 11.4 Å². The van der Waals surface area contributed by atoms with E-state index in [-0.39, 0.29) is 17.8 Å². The molecule has 0 amide bonds. The molecule has 1 aliphatic rings. The molecule has 2 N–H and O–H groups in total. The molecule has 2 aromatic heterocycles. The Hall–Kier alpha value is -3.06. The van der Waals surface area contributed by atoms with Crippen molar-refractivity contribution in [2.24, 2.45) is 0 Å². The molecule has 178 valence electrons. The lowest BCUT2D eigenvalue weighted by molar-refractivity contribution is 0.472. The van der Waals surface area contributed by atoms with Gasteiger partial charge in [-0.1, -0.05) is 35.3 Å². The van der Waals surface area contributed by atoms with Crippen LogP contribution in [0.2, 0.25) is 10.0 Å². The number of phenols is 1. The minimum absolute atomic E-state index is 0.102. The first kappa shape index (κ1) is 23.7. The fourth-order valence-electron chi connectivity index (χ4n) is 4.92. The molecule has 3 heterocycles. The van der Waals surface area contributed by atoms with Crippen molar-refractivity contribution in [1.29, 1.82) is 0 Å². The molecular formula is C27H24Cl2N4OS. The van der Waals surface area contributed by atoms with Gasteiger partial charge >= 0.3 is 0 Å². The number of aromatic nitrogens is 2. The molecule has 0 spiro atoms. The lowest BCUT2D eigenvalue weighted by Crippen LogP contribution is -2.29. The number of anilines is 1. The predicted molar refractivity (Wildman–Crippen MR) is 146 cm³/mol. The summed E-state index contributed by atoms with van der Waals surface area (Å²) in [6, 6.07) is 18.4. The van der Waals surface area contributed by atoms with Crippen molar-refractivity contribution in [3.63, 3.8) is 0 Å². The van der Waals surface area contributed by atoms with Gasteiger partial charge in [-0.25, -0.2) is 0 Å². The van der Waals surface area contributed by atoms with Gasteiger partial charge in [0.25, 0.3) is 0 Å². The number of halogens is 2. The molecule has 0 saturated carbocycles. The number of phenolic OH excluding ortho intramolecular Hbond substituents is 1. The van der Waals surface area contributed by atoms with E-state index in [1.165, 1.54) is 0 Å². The first-order chi connectivity index (χ1) is 16.8. The number of rotatable bonds is 4. The summed E-state index contributed by atoms with van der Waals surface area (Å²) in [5.74, 6) is 0.102. The van der Waals surface area contributed by atoms with E-state index >= 15 is 0 Å². The highest BCUT2D eigenvalue weighted by Crippen LogP contribution is 2.46. The van der Waals surface area contributed by atoms with E-state index in [4.69, 9.17) is 35.4 Å². The number of benzene rings is 2. The topological polar surface area (TPSA) is 53.3 Å². The number of hydrogen-bond donors (Lipinski definition) is 2. The Morgan fingerprint density at radius 1 is 0.971 bits per heavy atom. The third-order valence-electron chi connectivity index (χ3n) is 6.56. The van der Waals surface area contributed by atoms with Gasteiger partial charge in [0.15, 0.2) is 5.11 Å². The maximum absolute atomic E-state index is 10.8. The molecule has 2 aromatic carbocycles. The molecule has 0 radical (unpaired) electrons. The number of hydrogen-bond acceptors (Lipinski definition) is 3. The Kier molecular flexibility index (Phi) is 6.21. The summed E-state index contributed by atoms with van der Waals surface area (Å²) in [6.07, 6.45) is 1.77. The van der Waals surface area contributed by atoms with E-state index in [2.05, 4.69) is 40.8 Å². The third-order valence-corrected chi connectivity index (χ3v) is 7.52. The molecular weight excluding hydrogens is 499 g/mol. The summed E-state index contributed by atoms with van der Waals surface area (Å²) in [6.45, 7) is 6.19. The third kappa shape index (κ3) is 4.05. The zero-order chi connectivity index (χ0) is 24.9. The van der Waals surface area contributed by atoms with Gasteiger partial charge in [0.2, 0.25) is 0 Å². The Morgan fingerprint density at radius 3 is 2.51 bits per heavy atom. The molecule has 1 fully saturated rings. The molecule has 4 aromatic rings. The number of aryl methyl sites for hydroxylation is 1. The lowest BCUT2D eigenvalue weighted by atomic mass is 9.96. The average molecular weight is 523 g/mol. The van der Waals surface area contributed by atoms with Crippen molar-refractivity contribution in [2.75, 3.05) is 4.90 Å². The highest BCUT2D eigenvalue weighted by molar-refractivity contribution is 7.80. The van der Waals surface area contributed by atoms with Gasteiger partial charge in [0.05, 0.1) is 23.5 Å². The maximum atomic E-state index is 10.8. The van der Waals surface area contributed by atoms with Crippen LogP contribution in [-0.2, 0) is 0 Å². The largest absolute Gasteiger partial charge is 0.506 e. The zero-order valence-electron chi connectivity index (χ0n) is 19.5. The van der Waals surface area contributed by atoms with Crippen molar-refractivity contribution in [1.82, 2.24) is 14.9 Å². The van der Waals surface area contributed by atoms with Crippen LogP contribution in [0.4, 0.5) is 5.69 Å². The molecule has 35 heavy (non-hydrogen) atoms. The predicted octanol–water partition coefficient (Wildman–Crippen LogP) is 6.99. The molecule has 8 heteroatoms. The number of nitrogens with zero attached hydrogens (tertiary/aromatic N) is 3. The van der Waals surface area contributed by atoms with E-state index in [1.807, 2.05) is 42.2 Å². The Bertz CT molecular complexity index is 1440. The lowest BCUT2D eigenvalue weighted by Gasteiger charge is -2.29. The summed E-state index contributed by atoms with van der Waals surface area (Å²) >= 11 is 18.6. The zero-order valence-corrected chi connectivity index (χ0v) is 21.8. The molecule has 0 unspecified atom stereocenters. The van der Waals surface area contributed by atoms with Crippen LogP contribution in [0, 0.1) is 20.8 Å². The van der Waals surface area contributed by atoms with Crippen molar-refractivity contribution in [2.45, 2.75) is 32.9 Å². The second-order valence-corrected chi connectivity index (χ2v) is 9.91. The summed E-state index contributed by atoms with van der Waals surface area (Å²) in [5, 5.41) is 16.0. The van der Waals surface area contributed by atoms with Gasteiger partial charge in [0, 0.05) is 33.3 Å². The van der Waals surface area contributed by atoms with Crippen LogP contribution in [-0.4, -0.2) is 19.8 Å². The van der Waals surface area contributed by atoms with Gasteiger partial charge in [-0.15, -0.1) is 0 Å². The second kappa shape index (κ2) is 9.19. The molecule has 2 atom stereocenters. The average Bonchev–Trinajstić information content (AvgIpc) is 3.33. The fourth-order valence-corrected chi connectivity index (χ4v) is 5.59. The monoisotopic (exact) mass is 522 g/mol. The minimum atomic E-state index is -0.277. The Morgan fingerprint density at radius 2 is 1.77 bits per heavy atom. The van der Waals surface area contributed by atoms with E-state index < -0.39 is 0 Å². The number of aromatic hydroxyl groups is 1. The number of pyridine rings is 1. The minimum Gasteiger partial charge on any atom is -0.506 e. The Balaban J connectivity index is 1.73. The first-order valence-corrected chi connectivity index (χ1v) is 12.4. The van der Waals surface area contributed by atoms with Crippen LogP contribution < -0.4 is 10.2 Å². The summed E-state index contributed by atoms with van der Waals surface area (Å²) in [4.78, 5) is 6.56. The quantitative estimate of drug-likeness (QED) is 0.283. The number of nitrogens with one attached hydrogen (secondary N) is 1. The van der Waals surface area contributed by atoms with E-state index in [9.17, 15) is 5.11 Å². The summed E-state index contributed by atoms with van der Waals surface area (Å²) in [5.41, 5.74) is 6.61. The normalized spacial score (nSPS) is 17.6. The van der Waals surface area contributed by atoms with E-state index in [0.29, 0.717) is 15.8 Å². The molecule has 0 aliphatic carbocycles.